The molecule has 0 unspecified atom stereocenters. The predicted molar refractivity (Wildman–Crippen MR) is 77.4 cm³/mol. The second-order valence-corrected chi connectivity index (χ2v) is 3.54. The van der Waals surface area contributed by atoms with Gasteiger partial charge in [0.25, 0.3) is 0 Å². The highest BCUT2D eigenvalue weighted by molar-refractivity contribution is 6.20. The zero-order valence-electron chi connectivity index (χ0n) is 9.71. The van der Waals surface area contributed by atoms with Gasteiger partial charge in [0.05, 0.1) is 0 Å². The molecule has 6 heteroatoms. The van der Waals surface area contributed by atoms with Crippen LogP contribution in [0.5, 0.6) is 11.5 Å². The average molecular weight is 265 g/mol. The van der Waals surface area contributed by atoms with Gasteiger partial charge in [-0.25, -0.2) is 0 Å². The number of hydrogen-bond donors (Lipinski definition) is 2. The molecule has 2 aromatic carbocycles. The van der Waals surface area contributed by atoms with Gasteiger partial charge in [-0.2, -0.15) is 0 Å². The first-order valence-corrected chi connectivity index (χ1v) is 5.21. The largest absolute Gasteiger partial charge is 0.576 e. The normalized spacial score (nSPS) is 9.11. The van der Waals surface area contributed by atoms with Gasteiger partial charge < -0.3 is 20.8 Å². The van der Waals surface area contributed by atoms with E-state index in [1.807, 2.05) is 0 Å². The minimum atomic E-state index is 0. The first-order valence-electron chi connectivity index (χ1n) is 5.21. The van der Waals surface area contributed by atoms with Gasteiger partial charge in [0.2, 0.25) is 0 Å². The SMILES string of the molecule is Cl.Nc1ccc(OBOc2ccc(N)cc2)cc1. The maximum atomic E-state index is 5.56. The van der Waals surface area contributed by atoms with Crippen molar-refractivity contribution < 1.29 is 9.31 Å². The number of nitrogens with two attached hydrogens (primary N) is 2. The van der Waals surface area contributed by atoms with E-state index in [4.69, 9.17) is 20.8 Å². The van der Waals surface area contributed by atoms with Crippen LogP contribution in [0.1, 0.15) is 0 Å². The van der Waals surface area contributed by atoms with Crippen LogP contribution in [0.15, 0.2) is 48.5 Å². The predicted octanol–water partition coefficient (Wildman–Crippen LogP) is 2.00. The molecule has 0 fully saturated rings. The van der Waals surface area contributed by atoms with E-state index in [0.717, 1.165) is 11.5 Å². The molecule has 2 aromatic rings. The van der Waals surface area contributed by atoms with Gasteiger partial charge in [-0.1, -0.05) is 0 Å². The van der Waals surface area contributed by atoms with Gasteiger partial charge in [0.1, 0.15) is 11.5 Å². The summed E-state index contributed by atoms with van der Waals surface area (Å²) in [7, 11) is 0.147. The third kappa shape index (κ3) is 4.10. The molecule has 18 heavy (non-hydrogen) atoms. The number of hydrogen-bond acceptors (Lipinski definition) is 4. The molecule has 0 atom stereocenters. The van der Waals surface area contributed by atoms with Crippen LogP contribution in [0.2, 0.25) is 0 Å². The highest BCUT2D eigenvalue weighted by Crippen LogP contribution is 2.15. The molecule has 4 nitrogen and oxygen atoms in total. The van der Waals surface area contributed by atoms with Crippen molar-refractivity contribution in [2.75, 3.05) is 11.5 Å². The summed E-state index contributed by atoms with van der Waals surface area (Å²) < 4.78 is 10.8. The molecule has 94 valence electrons. The fraction of sp³-hybridized carbons (Fsp3) is 0. The van der Waals surface area contributed by atoms with Gasteiger partial charge in [-0.3, -0.25) is 0 Å². The van der Waals surface area contributed by atoms with Crippen LogP contribution >= 0.6 is 12.4 Å². The summed E-state index contributed by atoms with van der Waals surface area (Å²) in [4.78, 5) is 0. The molecular formula is C12H14BClN2O2. The Labute approximate surface area is 113 Å². The minimum absolute atomic E-state index is 0. The quantitative estimate of drug-likeness (QED) is 0.654. The van der Waals surface area contributed by atoms with Crippen LogP contribution in [0.4, 0.5) is 11.4 Å². The van der Waals surface area contributed by atoms with Crippen molar-refractivity contribution in [3.05, 3.63) is 48.5 Å². The van der Waals surface area contributed by atoms with Gasteiger partial charge in [-0.05, 0) is 48.5 Å². The van der Waals surface area contributed by atoms with Gasteiger partial charge in [-0.15, -0.1) is 12.4 Å². The molecule has 0 saturated carbocycles. The zero-order valence-corrected chi connectivity index (χ0v) is 10.5. The average Bonchev–Trinajstić information content (AvgIpc) is 2.34. The lowest BCUT2D eigenvalue weighted by Gasteiger charge is -2.07. The highest BCUT2D eigenvalue weighted by atomic mass is 35.5. The first-order chi connectivity index (χ1) is 8.24. The van der Waals surface area contributed by atoms with E-state index in [0.29, 0.717) is 11.4 Å². The Hall–Kier alpha value is -2.01. The molecule has 0 aliphatic rings. The number of rotatable bonds is 4. The summed E-state index contributed by atoms with van der Waals surface area (Å²) in [5.41, 5.74) is 12.5. The Morgan fingerprint density at radius 2 is 1.00 bits per heavy atom. The van der Waals surface area contributed by atoms with E-state index in [1.54, 1.807) is 48.5 Å². The standard InChI is InChI=1S/C12H13BN2O2.ClH/c14-9-1-5-11(6-2-9)16-13-17-12-7-3-10(15)4-8-12;/h1-8,13H,14-15H2;1H. The second kappa shape index (κ2) is 6.66. The number of anilines is 2. The molecule has 2 rings (SSSR count). The summed E-state index contributed by atoms with van der Waals surface area (Å²) in [6.45, 7) is 0. The lowest BCUT2D eigenvalue weighted by Crippen LogP contribution is -2.10. The van der Waals surface area contributed by atoms with Crippen LogP contribution in [0.3, 0.4) is 0 Å². The third-order valence-corrected chi connectivity index (χ3v) is 2.21. The molecule has 0 aromatic heterocycles. The minimum Gasteiger partial charge on any atom is -0.529 e. The lowest BCUT2D eigenvalue weighted by molar-refractivity contribution is 0.459. The molecule has 0 aliphatic heterocycles. The Morgan fingerprint density at radius 1 is 0.667 bits per heavy atom. The summed E-state index contributed by atoms with van der Waals surface area (Å²) in [5.74, 6) is 1.43. The van der Waals surface area contributed by atoms with Crippen LogP contribution in [-0.4, -0.2) is 7.69 Å². The van der Waals surface area contributed by atoms with Gasteiger partial charge in [0, 0.05) is 11.4 Å². The van der Waals surface area contributed by atoms with Crippen molar-refractivity contribution in [2.24, 2.45) is 0 Å². The van der Waals surface area contributed by atoms with Crippen LogP contribution < -0.4 is 20.8 Å². The molecule has 0 saturated heterocycles. The van der Waals surface area contributed by atoms with Crippen molar-refractivity contribution in [3.63, 3.8) is 0 Å². The highest BCUT2D eigenvalue weighted by Gasteiger charge is 1.99. The molecule has 0 heterocycles. The van der Waals surface area contributed by atoms with Gasteiger partial charge in [0.15, 0.2) is 0 Å². The smallest absolute Gasteiger partial charge is 0.529 e. The second-order valence-electron chi connectivity index (χ2n) is 3.54. The third-order valence-electron chi connectivity index (χ3n) is 2.21. The van der Waals surface area contributed by atoms with Gasteiger partial charge >= 0.3 is 7.69 Å². The molecule has 0 amide bonds. The molecular weight excluding hydrogens is 250 g/mol. The fourth-order valence-electron chi connectivity index (χ4n) is 1.29. The lowest BCUT2D eigenvalue weighted by atomic mass is 10.2. The molecule has 0 radical (unpaired) electrons. The van der Waals surface area contributed by atoms with E-state index in [9.17, 15) is 0 Å². The van der Waals surface area contributed by atoms with Crippen molar-refractivity contribution in [1.82, 2.24) is 0 Å². The van der Waals surface area contributed by atoms with Crippen LogP contribution in [0, 0.1) is 0 Å². The van der Waals surface area contributed by atoms with E-state index >= 15 is 0 Å². The molecule has 0 spiro atoms. The summed E-state index contributed by atoms with van der Waals surface area (Å²) >= 11 is 0. The molecule has 0 bridgehead atoms. The topological polar surface area (TPSA) is 70.5 Å². The number of nitrogen functional groups attached to an aromatic ring is 2. The maximum absolute atomic E-state index is 5.56. The van der Waals surface area contributed by atoms with Crippen molar-refractivity contribution in [1.29, 1.82) is 0 Å². The van der Waals surface area contributed by atoms with E-state index in [1.165, 1.54) is 0 Å². The Morgan fingerprint density at radius 3 is 1.33 bits per heavy atom. The Bertz CT molecular complexity index is 431. The van der Waals surface area contributed by atoms with Crippen molar-refractivity contribution in [3.8, 4) is 11.5 Å². The molecule has 4 N–H and O–H groups in total. The maximum Gasteiger partial charge on any atom is 0.576 e. The summed E-state index contributed by atoms with van der Waals surface area (Å²) in [6.07, 6.45) is 0. The first kappa shape index (κ1) is 14.1. The molecule has 0 aliphatic carbocycles. The number of benzene rings is 2. The van der Waals surface area contributed by atoms with Crippen LogP contribution in [-0.2, 0) is 0 Å². The zero-order chi connectivity index (χ0) is 12.1. The van der Waals surface area contributed by atoms with Crippen molar-refractivity contribution in [2.45, 2.75) is 0 Å². The van der Waals surface area contributed by atoms with Crippen LogP contribution in [0.25, 0.3) is 0 Å². The van der Waals surface area contributed by atoms with E-state index in [2.05, 4.69) is 0 Å². The fourth-order valence-corrected chi connectivity index (χ4v) is 1.29. The monoisotopic (exact) mass is 264 g/mol. The van der Waals surface area contributed by atoms with Crippen molar-refractivity contribution >= 4 is 31.5 Å². The summed E-state index contributed by atoms with van der Waals surface area (Å²) in [5, 5.41) is 0. The Kier molecular flexibility index (Phi) is 5.20. The summed E-state index contributed by atoms with van der Waals surface area (Å²) in [6, 6.07) is 14.3. The van der Waals surface area contributed by atoms with E-state index < -0.39 is 0 Å². The van der Waals surface area contributed by atoms with E-state index in [-0.39, 0.29) is 20.1 Å². The number of halogens is 1. The Balaban J connectivity index is 0.00000162.